The van der Waals surface area contributed by atoms with Crippen LogP contribution in [0.15, 0.2) is 42.7 Å². The van der Waals surface area contributed by atoms with Gasteiger partial charge in [-0.3, -0.25) is 0 Å². The summed E-state index contributed by atoms with van der Waals surface area (Å²) in [6.45, 7) is 0. The van der Waals surface area contributed by atoms with E-state index < -0.39 is 0 Å². The van der Waals surface area contributed by atoms with Crippen LogP contribution in [-0.4, -0.2) is 4.57 Å². The molecule has 0 N–H and O–H groups in total. The summed E-state index contributed by atoms with van der Waals surface area (Å²) in [4.78, 5) is 0. The SMILES string of the molecule is ClCc1cn(-c2ccccc2)cc1CCl. The average Bonchev–Trinajstić information content (AvgIpc) is 2.73. The highest BCUT2D eigenvalue weighted by atomic mass is 35.5. The fourth-order valence-corrected chi connectivity index (χ4v) is 2.01. The number of halogens is 2. The zero-order chi connectivity index (χ0) is 10.7. The van der Waals surface area contributed by atoms with Crippen LogP contribution in [0, 0.1) is 0 Å². The van der Waals surface area contributed by atoms with Crippen LogP contribution >= 0.6 is 23.2 Å². The summed E-state index contributed by atoms with van der Waals surface area (Å²) < 4.78 is 2.05. The molecule has 0 aliphatic heterocycles. The van der Waals surface area contributed by atoms with Crippen molar-refractivity contribution in [3.8, 4) is 5.69 Å². The van der Waals surface area contributed by atoms with E-state index in [1.807, 2.05) is 30.6 Å². The molecule has 1 aromatic carbocycles. The zero-order valence-electron chi connectivity index (χ0n) is 8.16. The van der Waals surface area contributed by atoms with Gasteiger partial charge in [0.1, 0.15) is 0 Å². The Balaban J connectivity index is 2.42. The van der Waals surface area contributed by atoms with Gasteiger partial charge in [-0.25, -0.2) is 0 Å². The van der Waals surface area contributed by atoms with E-state index in [9.17, 15) is 0 Å². The molecule has 0 unspecified atom stereocenters. The number of rotatable bonds is 3. The van der Waals surface area contributed by atoms with Crippen molar-refractivity contribution in [3.05, 3.63) is 53.9 Å². The first kappa shape index (κ1) is 10.6. The van der Waals surface area contributed by atoms with Crippen molar-refractivity contribution in [1.82, 2.24) is 4.57 Å². The second-order valence-electron chi connectivity index (χ2n) is 3.32. The zero-order valence-corrected chi connectivity index (χ0v) is 9.67. The quantitative estimate of drug-likeness (QED) is 0.715. The molecule has 1 heterocycles. The lowest BCUT2D eigenvalue weighted by molar-refractivity contribution is 1.07. The van der Waals surface area contributed by atoms with Crippen LogP contribution in [-0.2, 0) is 11.8 Å². The summed E-state index contributed by atoms with van der Waals surface area (Å²) in [7, 11) is 0. The van der Waals surface area contributed by atoms with E-state index >= 15 is 0 Å². The number of hydrogen-bond acceptors (Lipinski definition) is 0. The first-order valence-corrected chi connectivity index (χ1v) is 5.79. The van der Waals surface area contributed by atoms with Crippen LogP contribution in [0.5, 0.6) is 0 Å². The third-order valence-corrected chi connectivity index (χ3v) is 2.92. The van der Waals surface area contributed by atoms with Crippen molar-refractivity contribution in [2.24, 2.45) is 0 Å². The summed E-state index contributed by atoms with van der Waals surface area (Å²) in [5, 5.41) is 0. The van der Waals surface area contributed by atoms with Crippen molar-refractivity contribution < 1.29 is 0 Å². The number of hydrogen-bond donors (Lipinski definition) is 0. The second-order valence-corrected chi connectivity index (χ2v) is 3.85. The molecule has 1 aromatic heterocycles. The first-order valence-electron chi connectivity index (χ1n) is 4.72. The Bertz CT molecular complexity index is 413. The van der Waals surface area contributed by atoms with Gasteiger partial charge in [0.25, 0.3) is 0 Å². The Hall–Kier alpha value is -0.920. The first-order chi connectivity index (χ1) is 7.35. The Kier molecular flexibility index (Phi) is 3.34. The van der Waals surface area contributed by atoms with Gasteiger partial charge in [-0.1, -0.05) is 18.2 Å². The van der Waals surface area contributed by atoms with Crippen molar-refractivity contribution in [2.45, 2.75) is 11.8 Å². The normalized spacial score (nSPS) is 10.5. The predicted octanol–water partition coefficient (Wildman–Crippen LogP) is 3.95. The van der Waals surface area contributed by atoms with E-state index in [1.165, 1.54) is 0 Å². The fraction of sp³-hybridized carbons (Fsp3) is 0.167. The van der Waals surface area contributed by atoms with Gasteiger partial charge < -0.3 is 4.57 Å². The Morgan fingerprint density at radius 1 is 0.867 bits per heavy atom. The largest absolute Gasteiger partial charge is 0.323 e. The van der Waals surface area contributed by atoms with E-state index in [-0.39, 0.29) is 0 Å². The predicted molar refractivity (Wildman–Crippen MR) is 64.9 cm³/mol. The summed E-state index contributed by atoms with van der Waals surface area (Å²) >= 11 is 11.7. The molecule has 0 saturated carbocycles. The number of aromatic nitrogens is 1. The molecule has 0 aliphatic carbocycles. The van der Waals surface area contributed by atoms with Gasteiger partial charge in [0.2, 0.25) is 0 Å². The van der Waals surface area contributed by atoms with E-state index in [2.05, 4.69) is 16.7 Å². The fourth-order valence-electron chi connectivity index (χ4n) is 1.53. The van der Waals surface area contributed by atoms with Crippen LogP contribution in [0.25, 0.3) is 5.69 Å². The Morgan fingerprint density at radius 2 is 1.40 bits per heavy atom. The van der Waals surface area contributed by atoms with Gasteiger partial charge in [-0.05, 0) is 23.3 Å². The van der Waals surface area contributed by atoms with Crippen molar-refractivity contribution in [3.63, 3.8) is 0 Å². The molecule has 0 spiro atoms. The maximum atomic E-state index is 5.84. The van der Waals surface area contributed by atoms with E-state index in [0.29, 0.717) is 11.8 Å². The lowest BCUT2D eigenvalue weighted by Crippen LogP contribution is -1.87. The molecule has 3 heteroatoms. The Labute approximate surface area is 99.2 Å². The van der Waals surface area contributed by atoms with Crippen LogP contribution in [0.3, 0.4) is 0 Å². The summed E-state index contributed by atoms with van der Waals surface area (Å²) in [6.07, 6.45) is 4.06. The lowest BCUT2D eigenvalue weighted by Gasteiger charge is -2.00. The van der Waals surface area contributed by atoms with Crippen molar-refractivity contribution in [2.75, 3.05) is 0 Å². The molecule has 0 saturated heterocycles. The maximum absolute atomic E-state index is 5.84. The molecule has 0 bridgehead atoms. The third kappa shape index (κ3) is 2.19. The number of nitrogens with zero attached hydrogens (tertiary/aromatic N) is 1. The molecule has 0 fully saturated rings. The highest BCUT2D eigenvalue weighted by Crippen LogP contribution is 2.19. The minimum Gasteiger partial charge on any atom is -0.323 e. The van der Waals surface area contributed by atoms with E-state index in [4.69, 9.17) is 23.2 Å². The monoisotopic (exact) mass is 239 g/mol. The van der Waals surface area contributed by atoms with Crippen LogP contribution in [0.1, 0.15) is 11.1 Å². The van der Waals surface area contributed by atoms with Crippen LogP contribution in [0.4, 0.5) is 0 Å². The van der Waals surface area contributed by atoms with Crippen molar-refractivity contribution in [1.29, 1.82) is 0 Å². The topological polar surface area (TPSA) is 4.93 Å². The number of para-hydroxylation sites is 1. The highest BCUT2D eigenvalue weighted by Gasteiger charge is 2.05. The smallest absolute Gasteiger partial charge is 0.0492 e. The van der Waals surface area contributed by atoms with Gasteiger partial charge >= 0.3 is 0 Å². The molecule has 0 radical (unpaired) electrons. The summed E-state index contributed by atoms with van der Waals surface area (Å²) in [5.74, 6) is 1.00. The molecule has 0 atom stereocenters. The average molecular weight is 240 g/mol. The molecule has 0 aliphatic rings. The van der Waals surface area contributed by atoms with Crippen LogP contribution < -0.4 is 0 Å². The second kappa shape index (κ2) is 4.73. The molecule has 2 rings (SSSR count). The molecule has 1 nitrogen and oxygen atoms in total. The maximum Gasteiger partial charge on any atom is 0.0492 e. The highest BCUT2D eigenvalue weighted by molar-refractivity contribution is 6.18. The van der Waals surface area contributed by atoms with Gasteiger partial charge in [0.05, 0.1) is 0 Å². The van der Waals surface area contributed by atoms with Crippen molar-refractivity contribution >= 4 is 23.2 Å². The van der Waals surface area contributed by atoms with Gasteiger partial charge in [0, 0.05) is 29.8 Å². The minimum absolute atomic E-state index is 0.502. The molecular weight excluding hydrogens is 229 g/mol. The Morgan fingerprint density at radius 3 is 1.87 bits per heavy atom. The molecule has 2 aromatic rings. The number of alkyl halides is 2. The van der Waals surface area contributed by atoms with E-state index in [1.54, 1.807) is 0 Å². The summed E-state index contributed by atoms with van der Waals surface area (Å²) in [5.41, 5.74) is 3.31. The van der Waals surface area contributed by atoms with Gasteiger partial charge in [-0.2, -0.15) is 0 Å². The van der Waals surface area contributed by atoms with Crippen LogP contribution in [0.2, 0.25) is 0 Å². The number of benzene rings is 1. The summed E-state index contributed by atoms with van der Waals surface area (Å²) in [6, 6.07) is 10.1. The van der Waals surface area contributed by atoms with Gasteiger partial charge in [-0.15, -0.1) is 23.2 Å². The molecular formula is C12H11Cl2N. The van der Waals surface area contributed by atoms with Gasteiger partial charge in [0.15, 0.2) is 0 Å². The lowest BCUT2D eigenvalue weighted by atomic mass is 10.2. The molecule has 0 amide bonds. The third-order valence-electron chi connectivity index (χ3n) is 2.34. The standard InChI is InChI=1S/C12H11Cl2N/c13-6-10-8-15(9-11(10)7-14)12-4-2-1-3-5-12/h1-5,8-9H,6-7H2. The minimum atomic E-state index is 0.502. The van der Waals surface area contributed by atoms with E-state index in [0.717, 1.165) is 16.8 Å². The molecule has 15 heavy (non-hydrogen) atoms. The molecule has 78 valence electrons.